The molecule has 36 heavy (non-hydrogen) atoms. The molecule has 9 nitrogen and oxygen atoms in total. The molecule has 2 heterocycles. The topological polar surface area (TPSA) is 123 Å². The Morgan fingerprint density at radius 3 is 2.75 bits per heavy atom. The van der Waals surface area contributed by atoms with Crippen molar-refractivity contribution in [3.05, 3.63) is 71.1 Å². The van der Waals surface area contributed by atoms with E-state index in [0.29, 0.717) is 47.9 Å². The van der Waals surface area contributed by atoms with Crippen LogP contribution < -0.4 is 15.6 Å². The van der Waals surface area contributed by atoms with Crippen molar-refractivity contribution in [1.82, 2.24) is 25.5 Å². The number of fused-ring (bicyclic) bond motifs is 1. The lowest BCUT2D eigenvalue weighted by atomic mass is 9.95. The molecule has 1 aliphatic carbocycles. The van der Waals surface area contributed by atoms with Gasteiger partial charge in [0.05, 0.1) is 18.0 Å². The van der Waals surface area contributed by atoms with E-state index in [1.54, 1.807) is 13.2 Å². The summed E-state index contributed by atoms with van der Waals surface area (Å²) in [6, 6.07) is 15.1. The van der Waals surface area contributed by atoms with Crippen molar-refractivity contribution in [2.24, 2.45) is 0 Å². The lowest BCUT2D eigenvalue weighted by Crippen LogP contribution is -2.36. The normalized spacial score (nSPS) is 13.6. The summed E-state index contributed by atoms with van der Waals surface area (Å²) in [5.74, 6) is 2.04. The van der Waals surface area contributed by atoms with Gasteiger partial charge in [0.2, 0.25) is 18.2 Å². The molecule has 188 valence electrons. The van der Waals surface area contributed by atoms with Gasteiger partial charge in [-0.1, -0.05) is 37.5 Å². The maximum atomic E-state index is 12.0. The van der Waals surface area contributed by atoms with E-state index in [0.717, 1.165) is 24.2 Å². The lowest BCUT2D eigenvalue weighted by molar-refractivity contribution is -0.122. The van der Waals surface area contributed by atoms with Crippen molar-refractivity contribution in [2.45, 2.75) is 57.4 Å². The predicted molar refractivity (Wildman–Crippen MR) is 137 cm³/mol. The van der Waals surface area contributed by atoms with Crippen molar-refractivity contribution in [2.75, 3.05) is 7.11 Å². The first-order valence-corrected chi connectivity index (χ1v) is 12.3. The Bertz CT molecular complexity index is 1310. The Hall–Kier alpha value is -4.01. The van der Waals surface area contributed by atoms with Gasteiger partial charge in [0, 0.05) is 24.4 Å². The Morgan fingerprint density at radius 2 is 1.97 bits per heavy atom. The highest BCUT2D eigenvalue weighted by Crippen LogP contribution is 2.21. The van der Waals surface area contributed by atoms with Crippen LogP contribution >= 0.6 is 0 Å². The van der Waals surface area contributed by atoms with Crippen LogP contribution in [0.15, 0.2) is 64.1 Å². The average molecular weight is 490 g/mol. The summed E-state index contributed by atoms with van der Waals surface area (Å²) in [5, 5.41) is 11.1. The molecule has 5 rings (SSSR count). The van der Waals surface area contributed by atoms with E-state index >= 15 is 0 Å². The Balaban J connectivity index is 0.000000197. The van der Waals surface area contributed by atoms with Gasteiger partial charge in [0.25, 0.3) is 5.56 Å². The van der Waals surface area contributed by atoms with Gasteiger partial charge in [-0.05, 0) is 49.6 Å². The van der Waals surface area contributed by atoms with Crippen LogP contribution in [0.25, 0.3) is 22.4 Å². The standard InChI is InChI=1S/C18H23N3O2.C9H8N2O2/c22-17(19-13-7-2-1-3-8-13)12-6-11-16-20-15-10-5-4-9-14(15)18(23)21-16;1-12-8-4-2-3-7(5-8)9-11-10-6-13-9/h4-5,9-10,13H,1-3,6-8,11-12H2,(H,19,22)(H,20,21,23);2-6H,1H3. The lowest BCUT2D eigenvalue weighted by Gasteiger charge is -2.22. The average Bonchev–Trinajstić information content (AvgIpc) is 3.45. The highest BCUT2D eigenvalue weighted by atomic mass is 16.5. The number of rotatable bonds is 7. The van der Waals surface area contributed by atoms with Crippen molar-refractivity contribution in [1.29, 1.82) is 0 Å². The van der Waals surface area contributed by atoms with Crippen LogP contribution in [-0.2, 0) is 11.2 Å². The molecule has 2 N–H and O–H groups in total. The van der Waals surface area contributed by atoms with E-state index in [9.17, 15) is 9.59 Å². The van der Waals surface area contributed by atoms with Crippen molar-refractivity contribution < 1.29 is 13.9 Å². The molecule has 2 aromatic carbocycles. The smallest absolute Gasteiger partial charge is 0.258 e. The number of ether oxygens (including phenoxy) is 1. The summed E-state index contributed by atoms with van der Waals surface area (Å²) in [6.07, 6.45) is 9.00. The van der Waals surface area contributed by atoms with E-state index < -0.39 is 0 Å². The number of hydrogen-bond acceptors (Lipinski definition) is 7. The largest absolute Gasteiger partial charge is 0.497 e. The number of hydrogen-bond donors (Lipinski definition) is 2. The number of nitrogens with zero attached hydrogens (tertiary/aromatic N) is 3. The third-order valence-electron chi connectivity index (χ3n) is 6.13. The molecule has 0 saturated heterocycles. The second-order valence-corrected chi connectivity index (χ2v) is 8.76. The highest BCUT2D eigenvalue weighted by Gasteiger charge is 2.15. The summed E-state index contributed by atoms with van der Waals surface area (Å²) in [7, 11) is 1.62. The van der Waals surface area contributed by atoms with Gasteiger partial charge >= 0.3 is 0 Å². The molecule has 2 aromatic heterocycles. The number of carbonyl (C=O) groups is 1. The fourth-order valence-corrected chi connectivity index (χ4v) is 4.27. The minimum atomic E-state index is -0.114. The number of amides is 1. The molecule has 1 aliphatic rings. The molecule has 4 aromatic rings. The quantitative estimate of drug-likeness (QED) is 0.393. The van der Waals surface area contributed by atoms with Crippen LogP contribution in [-0.4, -0.2) is 39.2 Å². The van der Waals surface area contributed by atoms with E-state index in [1.165, 1.54) is 25.7 Å². The van der Waals surface area contributed by atoms with E-state index in [1.807, 2.05) is 42.5 Å². The predicted octanol–water partition coefficient (Wildman–Crippen LogP) is 4.44. The Labute approximate surface area is 209 Å². The number of benzene rings is 2. The first-order valence-electron chi connectivity index (χ1n) is 12.3. The Kier molecular flexibility index (Phi) is 8.80. The van der Waals surface area contributed by atoms with Crippen molar-refractivity contribution in [3.8, 4) is 17.2 Å². The zero-order valence-electron chi connectivity index (χ0n) is 20.4. The fraction of sp³-hybridized carbons (Fsp3) is 0.370. The second kappa shape index (κ2) is 12.6. The number of carbonyl (C=O) groups excluding carboxylic acids is 1. The van der Waals surface area contributed by atoms with Gasteiger partial charge in [-0.2, -0.15) is 0 Å². The van der Waals surface area contributed by atoms with E-state index in [-0.39, 0.29) is 11.5 Å². The van der Waals surface area contributed by atoms with Crippen LogP contribution in [0, 0.1) is 0 Å². The third kappa shape index (κ3) is 7.00. The van der Waals surface area contributed by atoms with Gasteiger partial charge in [-0.25, -0.2) is 4.98 Å². The summed E-state index contributed by atoms with van der Waals surface area (Å²) < 4.78 is 10.1. The summed E-state index contributed by atoms with van der Waals surface area (Å²) in [5.41, 5.74) is 1.45. The van der Waals surface area contributed by atoms with E-state index in [4.69, 9.17) is 9.15 Å². The van der Waals surface area contributed by atoms with Gasteiger partial charge < -0.3 is 19.5 Å². The van der Waals surface area contributed by atoms with Crippen LogP contribution in [0.5, 0.6) is 5.75 Å². The maximum Gasteiger partial charge on any atom is 0.258 e. The molecule has 1 saturated carbocycles. The molecular weight excluding hydrogens is 458 g/mol. The summed E-state index contributed by atoms with van der Waals surface area (Å²) in [4.78, 5) is 31.2. The van der Waals surface area contributed by atoms with Crippen LogP contribution in [0.3, 0.4) is 0 Å². The fourth-order valence-electron chi connectivity index (χ4n) is 4.27. The van der Waals surface area contributed by atoms with Crippen molar-refractivity contribution >= 4 is 16.8 Å². The molecular formula is C27H31N5O4. The number of aromatic amines is 1. The Morgan fingerprint density at radius 1 is 1.14 bits per heavy atom. The highest BCUT2D eigenvalue weighted by molar-refractivity contribution is 5.77. The van der Waals surface area contributed by atoms with Crippen LogP contribution in [0.4, 0.5) is 0 Å². The zero-order chi connectivity index (χ0) is 25.2. The monoisotopic (exact) mass is 489 g/mol. The molecule has 0 unspecified atom stereocenters. The number of nitrogens with one attached hydrogen (secondary N) is 2. The minimum Gasteiger partial charge on any atom is -0.497 e. The van der Waals surface area contributed by atoms with E-state index in [2.05, 4.69) is 25.5 Å². The number of aryl methyl sites for hydroxylation is 1. The molecule has 9 heteroatoms. The third-order valence-corrected chi connectivity index (χ3v) is 6.13. The SMILES string of the molecule is COc1cccc(-c2nnco2)c1.O=C(CCCc1nc2ccccc2c(=O)[nH]1)NC1CCCCC1. The number of para-hydroxylation sites is 1. The molecule has 0 bridgehead atoms. The van der Waals surface area contributed by atoms with Crippen LogP contribution in [0.2, 0.25) is 0 Å². The minimum absolute atomic E-state index is 0.111. The molecule has 1 amide bonds. The van der Waals surface area contributed by atoms with Crippen molar-refractivity contribution in [3.63, 3.8) is 0 Å². The number of H-pyrrole nitrogens is 1. The van der Waals surface area contributed by atoms with Gasteiger partial charge in [-0.3, -0.25) is 9.59 Å². The molecule has 0 radical (unpaired) electrons. The molecule has 0 spiro atoms. The number of methoxy groups -OCH3 is 1. The molecule has 1 fully saturated rings. The summed E-state index contributed by atoms with van der Waals surface area (Å²) >= 11 is 0. The zero-order valence-corrected chi connectivity index (χ0v) is 20.4. The molecule has 0 aliphatic heterocycles. The van der Waals surface area contributed by atoms with Gasteiger partial charge in [0.1, 0.15) is 11.6 Å². The second-order valence-electron chi connectivity index (χ2n) is 8.76. The first kappa shape index (κ1) is 25.1. The van der Waals surface area contributed by atoms with Gasteiger partial charge in [0.15, 0.2) is 0 Å². The van der Waals surface area contributed by atoms with Crippen LogP contribution in [0.1, 0.15) is 50.8 Å². The molecule has 0 atom stereocenters. The summed E-state index contributed by atoms with van der Waals surface area (Å²) in [6.45, 7) is 0. The van der Waals surface area contributed by atoms with Gasteiger partial charge in [-0.15, -0.1) is 10.2 Å². The first-order chi connectivity index (χ1) is 17.6. The maximum absolute atomic E-state index is 12.0. The number of aromatic nitrogens is 4.